The lowest BCUT2D eigenvalue weighted by Crippen LogP contribution is -2.23. The summed E-state index contributed by atoms with van der Waals surface area (Å²) in [6, 6.07) is 12.2. The van der Waals surface area contributed by atoms with Crippen LogP contribution in [0.2, 0.25) is 5.15 Å². The molecule has 3 aromatic rings. The van der Waals surface area contributed by atoms with Crippen molar-refractivity contribution in [3.05, 3.63) is 71.1 Å². The van der Waals surface area contributed by atoms with Gasteiger partial charge in [0.1, 0.15) is 11.4 Å². The minimum atomic E-state index is -0.923. The first-order valence-electron chi connectivity index (χ1n) is 8.78. The van der Waals surface area contributed by atoms with Gasteiger partial charge in [0.05, 0.1) is 12.3 Å². The van der Waals surface area contributed by atoms with E-state index in [2.05, 4.69) is 4.98 Å². The summed E-state index contributed by atoms with van der Waals surface area (Å²) in [4.78, 5) is 28.8. The second-order valence-electron chi connectivity index (χ2n) is 5.95. The number of benzene rings is 1. The van der Waals surface area contributed by atoms with E-state index in [4.69, 9.17) is 21.1 Å². The Morgan fingerprint density at radius 2 is 1.96 bits per heavy atom. The second kappa shape index (κ2) is 8.71. The van der Waals surface area contributed by atoms with Crippen molar-refractivity contribution in [1.82, 2.24) is 9.38 Å². The summed E-state index contributed by atoms with van der Waals surface area (Å²) < 4.78 is 12.3. The first kappa shape index (κ1) is 19.6. The monoisotopic (exact) mass is 398 g/mol. The standard InChI is InChI=1S/C21H19ClN2O4/c1-3-27-16-9-7-15(8-10-16)20(26)14(2)28-19(25)12-11-17-21(22)23-18-6-4-5-13-24(17)18/h4-14H,3H2,1-2H3/b12-11+/t14-/m0/s1. The first-order chi connectivity index (χ1) is 13.5. The summed E-state index contributed by atoms with van der Waals surface area (Å²) in [6.07, 6.45) is 3.60. The number of rotatable bonds is 7. The van der Waals surface area contributed by atoms with E-state index < -0.39 is 12.1 Å². The third-order valence-electron chi connectivity index (χ3n) is 4.01. The highest BCUT2D eigenvalue weighted by molar-refractivity contribution is 6.31. The first-order valence-corrected chi connectivity index (χ1v) is 9.15. The average Bonchev–Trinajstić information content (AvgIpc) is 3.01. The Balaban J connectivity index is 1.65. The van der Waals surface area contributed by atoms with E-state index in [1.807, 2.05) is 19.1 Å². The van der Waals surface area contributed by atoms with Gasteiger partial charge in [-0.15, -0.1) is 0 Å². The molecule has 0 spiro atoms. The number of carbonyl (C=O) groups excluding carboxylic acids is 2. The van der Waals surface area contributed by atoms with Crippen molar-refractivity contribution in [2.24, 2.45) is 0 Å². The number of esters is 1. The van der Waals surface area contributed by atoms with Gasteiger partial charge >= 0.3 is 5.97 Å². The van der Waals surface area contributed by atoms with E-state index >= 15 is 0 Å². The van der Waals surface area contributed by atoms with Crippen LogP contribution in [0.15, 0.2) is 54.7 Å². The van der Waals surface area contributed by atoms with Crippen LogP contribution >= 0.6 is 11.6 Å². The molecule has 0 aliphatic heterocycles. The average molecular weight is 399 g/mol. The molecule has 0 radical (unpaired) electrons. The zero-order valence-corrected chi connectivity index (χ0v) is 16.2. The molecule has 3 rings (SSSR count). The number of ketones is 1. The summed E-state index contributed by atoms with van der Waals surface area (Å²) >= 11 is 6.12. The number of fused-ring (bicyclic) bond motifs is 1. The SMILES string of the molecule is CCOc1ccc(C(=O)[C@H](C)OC(=O)/C=C/c2c(Cl)nc3ccccn23)cc1. The maximum absolute atomic E-state index is 12.4. The highest BCUT2D eigenvalue weighted by Crippen LogP contribution is 2.19. The Hall–Kier alpha value is -3.12. The van der Waals surface area contributed by atoms with Crippen LogP contribution in [-0.4, -0.2) is 33.8 Å². The Bertz CT molecular complexity index is 1020. The maximum atomic E-state index is 12.4. The van der Waals surface area contributed by atoms with E-state index in [1.165, 1.54) is 19.1 Å². The lowest BCUT2D eigenvalue weighted by atomic mass is 10.1. The third kappa shape index (κ3) is 4.40. The van der Waals surface area contributed by atoms with Crippen molar-refractivity contribution in [3.8, 4) is 5.75 Å². The molecule has 0 aliphatic rings. The van der Waals surface area contributed by atoms with Gasteiger partial charge in [0.25, 0.3) is 0 Å². The molecule has 2 aromatic heterocycles. The smallest absolute Gasteiger partial charge is 0.331 e. The molecule has 144 valence electrons. The van der Waals surface area contributed by atoms with Crippen molar-refractivity contribution in [2.75, 3.05) is 6.61 Å². The van der Waals surface area contributed by atoms with Crippen LogP contribution in [0, 0.1) is 0 Å². The lowest BCUT2D eigenvalue weighted by Gasteiger charge is -2.11. The fraction of sp³-hybridized carbons (Fsp3) is 0.190. The molecular weight excluding hydrogens is 380 g/mol. The van der Waals surface area contributed by atoms with Gasteiger partial charge < -0.3 is 9.47 Å². The molecular formula is C21H19ClN2O4. The molecule has 7 heteroatoms. The van der Waals surface area contributed by atoms with E-state index in [1.54, 1.807) is 40.9 Å². The number of hydrogen-bond acceptors (Lipinski definition) is 5. The minimum absolute atomic E-state index is 0.272. The Labute approximate surface area is 167 Å². The largest absolute Gasteiger partial charge is 0.494 e. The number of carbonyl (C=O) groups is 2. The van der Waals surface area contributed by atoms with Gasteiger partial charge in [0.15, 0.2) is 11.3 Å². The molecule has 0 saturated heterocycles. The van der Waals surface area contributed by atoms with Crippen LogP contribution in [-0.2, 0) is 9.53 Å². The topological polar surface area (TPSA) is 69.9 Å². The zero-order valence-electron chi connectivity index (χ0n) is 15.5. The van der Waals surface area contributed by atoms with Crippen LogP contribution in [0.25, 0.3) is 11.7 Å². The minimum Gasteiger partial charge on any atom is -0.494 e. The number of halogens is 1. The predicted molar refractivity (Wildman–Crippen MR) is 107 cm³/mol. The highest BCUT2D eigenvalue weighted by atomic mass is 35.5. The molecule has 2 heterocycles. The van der Waals surface area contributed by atoms with Gasteiger partial charge in [-0.05, 0) is 56.3 Å². The molecule has 0 bridgehead atoms. The Kier molecular flexibility index (Phi) is 6.11. The van der Waals surface area contributed by atoms with Gasteiger partial charge in [0, 0.05) is 17.8 Å². The fourth-order valence-corrected chi connectivity index (χ4v) is 2.91. The van der Waals surface area contributed by atoms with Gasteiger partial charge in [-0.3, -0.25) is 9.20 Å². The highest BCUT2D eigenvalue weighted by Gasteiger charge is 2.18. The van der Waals surface area contributed by atoms with Crippen LogP contribution < -0.4 is 4.74 Å². The molecule has 6 nitrogen and oxygen atoms in total. The molecule has 0 fully saturated rings. The van der Waals surface area contributed by atoms with Crippen LogP contribution in [0.5, 0.6) is 5.75 Å². The number of pyridine rings is 1. The predicted octanol–water partition coefficient (Wildman–Crippen LogP) is 4.21. The van der Waals surface area contributed by atoms with Crippen molar-refractivity contribution < 1.29 is 19.1 Å². The van der Waals surface area contributed by atoms with E-state index in [9.17, 15) is 9.59 Å². The van der Waals surface area contributed by atoms with Gasteiger partial charge in [0.2, 0.25) is 5.78 Å². The molecule has 0 N–H and O–H groups in total. The number of aromatic nitrogens is 2. The molecule has 0 amide bonds. The van der Waals surface area contributed by atoms with E-state index in [0.29, 0.717) is 29.3 Å². The quantitative estimate of drug-likeness (QED) is 0.338. The summed E-state index contributed by atoms with van der Waals surface area (Å²) in [5, 5.41) is 0.272. The Morgan fingerprint density at radius 3 is 2.68 bits per heavy atom. The molecule has 1 aromatic carbocycles. The van der Waals surface area contributed by atoms with Crippen molar-refractivity contribution >= 4 is 35.1 Å². The number of Topliss-reactive ketones (excluding diaryl/α,β-unsaturated/α-hetero) is 1. The third-order valence-corrected chi connectivity index (χ3v) is 4.29. The molecule has 0 unspecified atom stereocenters. The normalized spacial score (nSPS) is 12.2. The van der Waals surface area contributed by atoms with Crippen LogP contribution in [0.4, 0.5) is 0 Å². The fourth-order valence-electron chi connectivity index (χ4n) is 2.67. The van der Waals surface area contributed by atoms with Gasteiger partial charge in [-0.1, -0.05) is 17.7 Å². The number of imidazole rings is 1. The number of nitrogens with zero attached hydrogens (tertiary/aromatic N) is 2. The van der Waals surface area contributed by atoms with E-state index in [0.717, 1.165) is 0 Å². The lowest BCUT2D eigenvalue weighted by molar-refractivity contribution is -0.140. The summed E-state index contributed by atoms with van der Waals surface area (Å²) in [5.74, 6) is -0.261. The second-order valence-corrected chi connectivity index (χ2v) is 6.31. The van der Waals surface area contributed by atoms with Gasteiger partial charge in [-0.2, -0.15) is 0 Å². The zero-order chi connectivity index (χ0) is 20.1. The molecule has 0 aliphatic carbocycles. The number of ether oxygens (including phenoxy) is 2. The molecule has 0 saturated carbocycles. The maximum Gasteiger partial charge on any atom is 0.331 e. The van der Waals surface area contributed by atoms with Crippen LogP contribution in [0.3, 0.4) is 0 Å². The summed E-state index contributed by atoms with van der Waals surface area (Å²) in [6.45, 7) is 3.96. The van der Waals surface area contributed by atoms with Crippen molar-refractivity contribution in [1.29, 1.82) is 0 Å². The summed E-state index contributed by atoms with van der Waals surface area (Å²) in [7, 11) is 0. The van der Waals surface area contributed by atoms with Crippen molar-refractivity contribution in [3.63, 3.8) is 0 Å². The van der Waals surface area contributed by atoms with E-state index in [-0.39, 0.29) is 10.9 Å². The summed E-state index contributed by atoms with van der Waals surface area (Å²) in [5.41, 5.74) is 1.66. The Morgan fingerprint density at radius 1 is 1.21 bits per heavy atom. The van der Waals surface area contributed by atoms with Gasteiger partial charge in [-0.25, -0.2) is 9.78 Å². The van der Waals surface area contributed by atoms with Crippen molar-refractivity contribution in [2.45, 2.75) is 20.0 Å². The number of hydrogen-bond donors (Lipinski definition) is 0. The van der Waals surface area contributed by atoms with Crippen LogP contribution in [0.1, 0.15) is 29.9 Å². The molecule has 28 heavy (non-hydrogen) atoms. The molecule has 1 atom stereocenters.